The van der Waals surface area contributed by atoms with Gasteiger partial charge in [-0.1, -0.05) is 111 Å². The first-order valence-corrected chi connectivity index (χ1v) is 22.9. The number of benzene rings is 1. The van der Waals surface area contributed by atoms with Crippen LogP contribution in [0, 0.1) is 22.7 Å². The van der Waals surface area contributed by atoms with Gasteiger partial charge in [-0.25, -0.2) is 4.98 Å². The molecule has 2 aliphatic rings. The fourth-order valence-electron chi connectivity index (χ4n) is 7.51. The highest BCUT2D eigenvalue weighted by Crippen LogP contribution is 2.29. The second-order valence-electron chi connectivity index (χ2n) is 18.5. The first-order chi connectivity index (χ1) is 29.0. The average molecular weight is 897 g/mol. The van der Waals surface area contributed by atoms with Crippen LogP contribution < -0.4 is 26.6 Å². The topological polar surface area (TPSA) is 217 Å². The molecule has 8 atom stereocenters. The molecule has 1 unspecified atom stereocenters. The van der Waals surface area contributed by atoms with Crippen LogP contribution in [-0.2, 0) is 38.3 Å². The molecule has 5 N–H and O–H groups in total. The SMILES string of the molecule is COC(=O)CSC(=O)C[C@H](NC(=O)[C@@H](NC(=O)[C@@H](NC1=NCC(=O)N2CC[C@@H](C)[C@H]2C(=O)N[C@@H](C(C)C)C(=O)N[C@H]1C(C)(C)C)C(C)(C)C)C(C)c1ccccc1)c1nccs1. The van der Waals surface area contributed by atoms with Crippen molar-refractivity contribution in [3.63, 3.8) is 0 Å². The van der Waals surface area contributed by atoms with Crippen LogP contribution in [0.15, 0.2) is 46.9 Å². The zero-order chi connectivity index (χ0) is 46.1. The molecule has 0 aliphatic carbocycles. The minimum atomic E-state index is -1.17. The summed E-state index contributed by atoms with van der Waals surface area (Å²) in [5.74, 6) is -3.89. The third-order valence-electron chi connectivity index (χ3n) is 11.2. The summed E-state index contributed by atoms with van der Waals surface area (Å²) in [5.41, 5.74) is -0.783. The normalized spacial score (nSPS) is 22.0. The summed E-state index contributed by atoms with van der Waals surface area (Å²) in [5, 5.41) is 17.2. The number of amidine groups is 1. The lowest BCUT2D eigenvalue weighted by Gasteiger charge is -2.39. The van der Waals surface area contributed by atoms with E-state index in [9.17, 15) is 33.6 Å². The molecule has 1 aromatic heterocycles. The van der Waals surface area contributed by atoms with Gasteiger partial charge in [-0.2, -0.15) is 0 Å². The lowest BCUT2D eigenvalue weighted by Crippen LogP contribution is -2.65. The van der Waals surface area contributed by atoms with Crippen molar-refractivity contribution >= 4 is 69.6 Å². The first kappa shape index (κ1) is 49.8. The Hall–Kier alpha value is -4.84. The maximum absolute atomic E-state index is 14.9. The van der Waals surface area contributed by atoms with Gasteiger partial charge in [0.05, 0.1) is 24.9 Å². The highest BCUT2D eigenvalue weighted by molar-refractivity contribution is 8.14. The zero-order valence-electron chi connectivity index (χ0n) is 37.7. The summed E-state index contributed by atoms with van der Waals surface area (Å²) in [6.07, 6.45) is 2.00. The number of carbonyl (C=O) groups excluding carboxylic acids is 7. The lowest BCUT2D eigenvalue weighted by molar-refractivity contribution is -0.140. The van der Waals surface area contributed by atoms with Crippen LogP contribution in [0.5, 0.6) is 0 Å². The number of nitrogens with zero attached hydrogens (tertiary/aromatic N) is 3. The summed E-state index contributed by atoms with van der Waals surface area (Å²) in [4.78, 5) is 107. The van der Waals surface area contributed by atoms with Gasteiger partial charge in [-0.3, -0.25) is 38.6 Å². The van der Waals surface area contributed by atoms with Crippen LogP contribution in [0.1, 0.15) is 105 Å². The number of esters is 1. The molecule has 2 aliphatic heterocycles. The molecular weight excluding hydrogens is 833 g/mol. The maximum Gasteiger partial charge on any atom is 0.316 e. The molecular formula is C44H64N8O8S2. The molecule has 1 aromatic carbocycles. The Morgan fingerprint density at radius 1 is 0.968 bits per heavy atom. The van der Waals surface area contributed by atoms with Gasteiger partial charge >= 0.3 is 5.97 Å². The van der Waals surface area contributed by atoms with Crippen LogP contribution in [0.25, 0.3) is 0 Å². The number of methoxy groups -OCH3 is 1. The molecule has 1 fully saturated rings. The van der Waals surface area contributed by atoms with Crippen LogP contribution in [0.3, 0.4) is 0 Å². The number of thiazole rings is 1. The van der Waals surface area contributed by atoms with Crippen molar-refractivity contribution in [1.82, 2.24) is 36.5 Å². The minimum absolute atomic E-state index is 0.137. The number of nitrogens with one attached hydrogen (secondary N) is 5. The molecule has 4 rings (SSSR count). The third-order valence-corrected chi connectivity index (χ3v) is 12.9. The van der Waals surface area contributed by atoms with Crippen LogP contribution >= 0.6 is 23.1 Å². The number of aliphatic imine (C=N–C) groups is 1. The molecule has 1 saturated heterocycles. The van der Waals surface area contributed by atoms with Crippen molar-refractivity contribution in [2.75, 3.05) is 26.0 Å². The zero-order valence-corrected chi connectivity index (χ0v) is 39.3. The van der Waals surface area contributed by atoms with E-state index < -0.39 is 76.7 Å². The van der Waals surface area contributed by atoms with Crippen LogP contribution in [0.2, 0.25) is 0 Å². The molecule has 5 amide bonds. The number of amides is 5. The van der Waals surface area contributed by atoms with Gasteiger partial charge in [-0.15, -0.1) is 11.3 Å². The van der Waals surface area contributed by atoms with Crippen molar-refractivity contribution in [1.29, 1.82) is 0 Å². The van der Waals surface area contributed by atoms with E-state index >= 15 is 0 Å². The van der Waals surface area contributed by atoms with Crippen molar-refractivity contribution < 1.29 is 38.3 Å². The van der Waals surface area contributed by atoms with E-state index in [1.807, 2.05) is 99.6 Å². The fourth-order valence-corrected chi connectivity index (χ4v) is 8.88. The number of rotatable bonds is 13. The molecule has 2 aromatic rings. The second kappa shape index (κ2) is 21.5. The number of hydrogen-bond acceptors (Lipinski definition) is 13. The number of fused-ring (bicyclic) bond motifs is 1. The molecule has 0 saturated carbocycles. The summed E-state index contributed by atoms with van der Waals surface area (Å²) in [6, 6.07) is 3.57. The average Bonchev–Trinajstić information content (AvgIpc) is 3.89. The van der Waals surface area contributed by atoms with E-state index in [1.165, 1.54) is 23.3 Å². The predicted octanol–water partition coefficient (Wildman–Crippen LogP) is 3.74. The molecule has 3 heterocycles. The second-order valence-corrected chi connectivity index (χ2v) is 20.5. The van der Waals surface area contributed by atoms with E-state index in [0.29, 0.717) is 18.0 Å². The minimum Gasteiger partial charge on any atom is -0.468 e. The molecule has 340 valence electrons. The van der Waals surface area contributed by atoms with Crippen LogP contribution in [0.4, 0.5) is 0 Å². The van der Waals surface area contributed by atoms with E-state index in [-0.39, 0.29) is 53.3 Å². The van der Waals surface area contributed by atoms with Crippen molar-refractivity contribution in [3.05, 3.63) is 52.5 Å². The highest BCUT2D eigenvalue weighted by atomic mass is 32.2. The Morgan fingerprint density at radius 3 is 2.23 bits per heavy atom. The smallest absolute Gasteiger partial charge is 0.316 e. The quantitative estimate of drug-likeness (QED) is 0.183. The monoisotopic (exact) mass is 896 g/mol. The van der Waals surface area contributed by atoms with Gasteiger partial charge < -0.3 is 36.2 Å². The van der Waals surface area contributed by atoms with E-state index in [1.54, 1.807) is 11.6 Å². The standard InChI is InChI=1S/C44H64N8O8S2/c1-24(2)32-38(56)51-35(43(5,6)7)37(46-22-29(53)52-19-17-25(3)34(52)40(58)48-32)50-36(44(8,9)10)41(59)49-33(26(4)27-15-13-12-14-16-27)39(57)47-28(42-45-18-20-61-42)21-31(55)62-23-30(54)60-11/h12-16,18,20,24-26,28,32-36H,17,19,21-23H2,1-11H3,(H,46,50)(H,47,57)(H,48,58)(H,49,59)(H,51,56)/t25-,26?,28+,32+,33+,34+,35-,36-/m1/s1. The maximum atomic E-state index is 14.9. The summed E-state index contributed by atoms with van der Waals surface area (Å²) < 4.78 is 4.67. The Balaban J connectivity index is 1.74. The predicted molar refractivity (Wildman–Crippen MR) is 240 cm³/mol. The molecule has 0 radical (unpaired) electrons. The number of hydrogen-bond donors (Lipinski definition) is 5. The number of carbonyl (C=O) groups is 7. The van der Waals surface area contributed by atoms with Gasteiger partial charge in [0.25, 0.3) is 0 Å². The van der Waals surface area contributed by atoms with Crippen molar-refractivity contribution in [2.24, 2.45) is 27.7 Å². The van der Waals surface area contributed by atoms with Gasteiger partial charge in [0.1, 0.15) is 41.6 Å². The van der Waals surface area contributed by atoms with Gasteiger partial charge in [0.15, 0.2) is 5.12 Å². The molecule has 0 spiro atoms. The Labute approximate surface area is 373 Å². The van der Waals surface area contributed by atoms with E-state index in [4.69, 9.17) is 4.99 Å². The lowest BCUT2D eigenvalue weighted by atomic mass is 9.82. The number of thioether (sulfide) groups is 1. The summed E-state index contributed by atoms with van der Waals surface area (Å²) in [6.45, 7) is 18.6. The number of ether oxygens (including phenoxy) is 1. The van der Waals surface area contributed by atoms with E-state index in [2.05, 4.69) is 36.3 Å². The van der Waals surface area contributed by atoms with Crippen LogP contribution in [-0.4, -0.2) is 113 Å². The fraction of sp³-hybridized carbons (Fsp3) is 0.614. The van der Waals surface area contributed by atoms with E-state index in [0.717, 1.165) is 17.3 Å². The van der Waals surface area contributed by atoms with Gasteiger partial charge in [-0.05, 0) is 34.7 Å². The third kappa shape index (κ3) is 13.1. The van der Waals surface area contributed by atoms with Gasteiger partial charge in [0, 0.05) is 30.5 Å². The molecule has 0 bridgehead atoms. The largest absolute Gasteiger partial charge is 0.468 e. The summed E-state index contributed by atoms with van der Waals surface area (Å²) >= 11 is 2.03. The molecule has 62 heavy (non-hydrogen) atoms. The summed E-state index contributed by atoms with van der Waals surface area (Å²) in [7, 11) is 1.23. The Morgan fingerprint density at radius 2 is 1.65 bits per heavy atom. The van der Waals surface area contributed by atoms with Crippen molar-refractivity contribution in [3.8, 4) is 0 Å². The molecule has 16 nitrogen and oxygen atoms in total. The van der Waals surface area contributed by atoms with Crippen molar-refractivity contribution in [2.45, 2.75) is 124 Å². The molecule has 18 heteroatoms. The highest BCUT2D eigenvalue weighted by Gasteiger charge is 2.44. The number of aromatic nitrogens is 1. The van der Waals surface area contributed by atoms with Gasteiger partial charge in [0.2, 0.25) is 29.5 Å². The Kier molecular flexibility index (Phi) is 17.3. The Bertz CT molecular complexity index is 1950. The first-order valence-electron chi connectivity index (χ1n) is 21.0.